The smallest absolute Gasteiger partial charge is 0.247 e. The van der Waals surface area contributed by atoms with Crippen molar-refractivity contribution in [1.29, 1.82) is 0 Å². The minimum Gasteiger partial charge on any atom is -0.507 e. The van der Waals surface area contributed by atoms with E-state index in [4.69, 9.17) is 5.73 Å². The predicted octanol–water partition coefficient (Wildman–Crippen LogP) is 3.26. The number of nitrogens with zero attached hydrogens (tertiary/aromatic N) is 3. The normalized spacial score (nSPS) is 18.1. The van der Waals surface area contributed by atoms with Crippen LogP contribution in [0.1, 0.15) is 18.9 Å². The van der Waals surface area contributed by atoms with Crippen molar-refractivity contribution >= 4 is 56.1 Å². The van der Waals surface area contributed by atoms with Gasteiger partial charge in [-0.1, -0.05) is 39.8 Å². The first kappa shape index (κ1) is 20.1. The molecule has 1 saturated heterocycles. The van der Waals surface area contributed by atoms with Crippen LogP contribution in [0.2, 0.25) is 0 Å². The van der Waals surface area contributed by atoms with E-state index >= 15 is 0 Å². The van der Waals surface area contributed by atoms with Gasteiger partial charge >= 0.3 is 0 Å². The molecule has 1 aliphatic heterocycles. The third-order valence-electron chi connectivity index (χ3n) is 4.05. The zero-order chi connectivity index (χ0) is 20.3. The molecule has 1 unspecified atom stereocenters. The van der Waals surface area contributed by atoms with Gasteiger partial charge in [-0.2, -0.15) is 5.10 Å². The van der Waals surface area contributed by atoms with Crippen LogP contribution in [0, 0.1) is 0 Å². The van der Waals surface area contributed by atoms with Gasteiger partial charge in [-0.15, -0.1) is 5.10 Å². The van der Waals surface area contributed by atoms with Gasteiger partial charge in [0.05, 0.1) is 11.4 Å². The van der Waals surface area contributed by atoms with Gasteiger partial charge in [-0.05, 0) is 43.3 Å². The Balaban J connectivity index is 1.71. The lowest BCUT2D eigenvalue weighted by Crippen LogP contribution is -2.31. The fourth-order valence-electron chi connectivity index (χ4n) is 2.68. The van der Waals surface area contributed by atoms with Gasteiger partial charge in [0.1, 0.15) is 11.0 Å². The van der Waals surface area contributed by atoms with Crippen LogP contribution >= 0.6 is 27.7 Å². The summed E-state index contributed by atoms with van der Waals surface area (Å²) >= 11 is 4.33. The van der Waals surface area contributed by atoms with Gasteiger partial charge in [0, 0.05) is 16.5 Å². The van der Waals surface area contributed by atoms with E-state index in [-0.39, 0.29) is 29.2 Å². The molecule has 7 nitrogen and oxygen atoms in total. The number of anilines is 1. The molecule has 1 aliphatic rings. The molecule has 1 fully saturated rings. The molecule has 1 heterocycles. The molecule has 2 amide bonds. The SMILES string of the molecule is CC(=NN=C(N)SC1CC(=O)N(c2ccc(Br)cc2)C1=O)c1ccccc1O. The van der Waals surface area contributed by atoms with Gasteiger partial charge in [0.15, 0.2) is 5.17 Å². The van der Waals surface area contributed by atoms with Gasteiger partial charge in [0.25, 0.3) is 0 Å². The third-order valence-corrected chi connectivity index (χ3v) is 5.55. The largest absolute Gasteiger partial charge is 0.507 e. The van der Waals surface area contributed by atoms with Crippen molar-refractivity contribution in [3.05, 3.63) is 58.6 Å². The second-order valence-electron chi connectivity index (χ2n) is 6.00. The number of aromatic hydroxyl groups is 1. The molecule has 144 valence electrons. The zero-order valence-corrected chi connectivity index (χ0v) is 17.3. The summed E-state index contributed by atoms with van der Waals surface area (Å²) in [5.41, 5.74) is 7.42. The summed E-state index contributed by atoms with van der Waals surface area (Å²) < 4.78 is 0.857. The number of imide groups is 1. The van der Waals surface area contributed by atoms with E-state index in [1.807, 2.05) is 0 Å². The van der Waals surface area contributed by atoms with Crippen molar-refractivity contribution in [3.8, 4) is 5.75 Å². The van der Waals surface area contributed by atoms with Crippen LogP contribution in [0.5, 0.6) is 5.75 Å². The topological polar surface area (TPSA) is 108 Å². The van der Waals surface area contributed by atoms with Gasteiger partial charge < -0.3 is 10.8 Å². The maximum atomic E-state index is 12.6. The van der Waals surface area contributed by atoms with Crippen LogP contribution < -0.4 is 10.6 Å². The van der Waals surface area contributed by atoms with Crippen molar-refractivity contribution < 1.29 is 14.7 Å². The van der Waals surface area contributed by atoms with Crippen molar-refractivity contribution in [2.24, 2.45) is 15.9 Å². The number of amidine groups is 1. The Labute approximate surface area is 174 Å². The number of carbonyl (C=O) groups is 2. The fourth-order valence-corrected chi connectivity index (χ4v) is 3.76. The number of rotatable bonds is 4. The minimum absolute atomic E-state index is 0.0396. The Hall–Kier alpha value is -2.65. The number of hydrogen-bond acceptors (Lipinski definition) is 6. The van der Waals surface area contributed by atoms with E-state index in [1.54, 1.807) is 55.5 Å². The highest BCUT2D eigenvalue weighted by atomic mass is 79.9. The molecule has 0 saturated carbocycles. The molecule has 0 aliphatic carbocycles. The monoisotopic (exact) mass is 460 g/mol. The van der Waals surface area contributed by atoms with E-state index in [2.05, 4.69) is 26.1 Å². The number of hydrogen-bond donors (Lipinski definition) is 2. The van der Waals surface area contributed by atoms with Crippen LogP contribution in [0.3, 0.4) is 0 Å². The summed E-state index contributed by atoms with van der Waals surface area (Å²) in [7, 11) is 0. The lowest BCUT2D eigenvalue weighted by molar-refractivity contribution is -0.121. The number of amides is 2. The highest BCUT2D eigenvalue weighted by molar-refractivity contribution is 9.10. The summed E-state index contributed by atoms with van der Waals surface area (Å²) in [4.78, 5) is 26.1. The second kappa shape index (κ2) is 8.57. The molecule has 28 heavy (non-hydrogen) atoms. The standard InChI is InChI=1S/C19H17BrN4O3S/c1-11(14-4-2-3-5-15(14)25)22-23-19(21)28-16-10-17(26)24(18(16)27)13-8-6-12(20)7-9-13/h2-9,16,25H,10H2,1H3,(H2,21,23). The summed E-state index contributed by atoms with van der Waals surface area (Å²) in [5.74, 6) is -0.532. The summed E-state index contributed by atoms with van der Waals surface area (Å²) in [6.45, 7) is 1.69. The first-order valence-electron chi connectivity index (χ1n) is 8.32. The van der Waals surface area contributed by atoms with E-state index in [9.17, 15) is 14.7 Å². The van der Waals surface area contributed by atoms with Crippen LogP contribution in [-0.2, 0) is 9.59 Å². The van der Waals surface area contributed by atoms with Gasteiger partial charge in [-0.3, -0.25) is 9.59 Å². The fraction of sp³-hybridized carbons (Fsp3) is 0.158. The van der Waals surface area contributed by atoms with E-state index in [0.29, 0.717) is 17.0 Å². The molecule has 3 N–H and O–H groups in total. The molecule has 0 radical (unpaired) electrons. The second-order valence-corrected chi connectivity index (χ2v) is 8.13. The summed E-state index contributed by atoms with van der Waals surface area (Å²) in [6, 6.07) is 13.7. The molecular formula is C19H17BrN4O3S. The Morgan fingerprint density at radius 1 is 1.18 bits per heavy atom. The maximum absolute atomic E-state index is 12.6. The van der Waals surface area contributed by atoms with Crippen molar-refractivity contribution in [2.45, 2.75) is 18.6 Å². The number of nitrogens with two attached hydrogens (primary N) is 1. The van der Waals surface area contributed by atoms with Crippen LogP contribution in [0.4, 0.5) is 5.69 Å². The first-order chi connectivity index (χ1) is 13.4. The summed E-state index contributed by atoms with van der Waals surface area (Å²) in [6.07, 6.45) is 0.0396. The molecule has 0 aromatic heterocycles. The molecule has 2 aromatic rings. The van der Waals surface area contributed by atoms with Gasteiger partial charge in [0.2, 0.25) is 11.8 Å². The minimum atomic E-state index is -0.652. The Morgan fingerprint density at radius 3 is 2.54 bits per heavy atom. The number of benzene rings is 2. The Morgan fingerprint density at radius 2 is 1.86 bits per heavy atom. The number of halogens is 1. The first-order valence-corrected chi connectivity index (χ1v) is 9.99. The molecule has 0 bridgehead atoms. The zero-order valence-electron chi connectivity index (χ0n) is 14.9. The molecule has 1 atom stereocenters. The average molecular weight is 461 g/mol. The number of carbonyl (C=O) groups excluding carboxylic acids is 2. The third kappa shape index (κ3) is 4.42. The molecule has 2 aromatic carbocycles. The summed E-state index contributed by atoms with van der Waals surface area (Å²) in [5, 5.41) is 17.2. The maximum Gasteiger partial charge on any atom is 0.247 e. The van der Waals surface area contributed by atoms with Crippen molar-refractivity contribution in [2.75, 3.05) is 4.90 Å². The molecular weight excluding hydrogens is 444 g/mol. The molecule has 0 spiro atoms. The van der Waals surface area contributed by atoms with Crippen molar-refractivity contribution in [3.63, 3.8) is 0 Å². The number of phenolic OH excluding ortho intramolecular Hbond substituents is 1. The highest BCUT2D eigenvalue weighted by Crippen LogP contribution is 2.30. The lowest BCUT2D eigenvalue weighted by atomic mass is 10.1. The number of phenols is 1. The average Bonchev–Trinajstić information content (AvgIpc) is 2.94. The quantitative estimate of drug-likeness (QED) is 0.315. The molecule has 3 rings (SSSR count). The van der Waals surface area contributed by atoms with E-state index in [1.165, 1.54) is 0 Å². The Kier molecular flexibility index (Phi) is 6.15. The van der Waals surface area contributed by atoms with Crippen LogP contribution in [0.25, 0.3) is 0 Å². The van der Waals surface area contributed by atoms with Crippen LogP contribution in [0.15, 0.2) is 63.2 Å². The Bertz CT molecular complexity index is 975. The molecule has 9 heteroatoms. The van der Waals surface area contributed by atoms with E-state index < -0.39 is 5.25 Å². The van der Waals surface area contributed by atoms with Crippen LogP contribution in [-0.4, -0.2) is 33.1 Å². The predicted molar refractivity (Wildman–Crippen MR) is 115 cm³/mol. The van der Waals surface area contributed by atoms with Gasteiger partial charge in [-0.25, -0.2) is 4.90 Å². The van der Waals surface area contributed by atoms with Crippen molar-refractivity contribution in [1.82, 2.24) is 0 Å². The lowest BCUT2D eigenvalue weighted by Gasteiger charge is -2.14. The van der Waals surface area contributed by atoms with E-state index in [0.717, 1.165) is 21.1 Å². The number of thioether (sulfide) groups is 1. The highest BCUT2D eigenvalue weighted by Gasteiger charge is 2.40. The number of para-hydroxylation sites is 1.